The maximum Gasteiger partial charge on any atom is 0.128 e. The Morgan fingerprint density at radius 3 is 2.94 bits per heavy atom. The van der Waals surface area contributed by atoms with Crippen molar-refractivity contribution in [2.75, 3.05) is 13.1 Å². The van der Waals surface area contributed by atoms with Gasteiger partial charge < -0.3 is 0 Å². The van der Waals surface area contributed by atoms with Crippen LogP contribution >= 0.6 is 11.3 Å². The maximum absolute atomic E-state index is 9.16. The van der Waals surface area contributed by atoms with Gasteiger partial charge in [-0.1, -0.05) is 6.92 Å². The van der Waals surface area contributed by atoms with Gasteiger partial charge in [-0.15, -0.1) is 11.3 Å². The van der Waals surface area contributed by atoms with Crippen LogP contribution in [0.15, 0.2) is 0 Å². The predicted octanol–water partition coefficient (Wildman–Crippen LogP) is 3.12. The lowest BCUT2D eigenvalue weighted by Crippen LogP contribution is -2.33. The Morgan fingerprint density at radius 1 is 1.44 bits per heavy atom. The molecular weight excluding hydrogens is 242 g/mol. The molecule has 3 nitrogen and oxygen atoms in total. The summed E-state index contributed by atoms with van der Waals surface area (Å²) in [5.41, 5.74) is 1.09. The van der Waals surface area contributed by atoms with Crippen molar-refractivity contribution in [1.29, 1.82) is 5.26 Å². The zero-order valence-corrected chi connectivity index (χ0v) is 11.7. The van der Waals surface area contributed by atoms with E-state index in [1.54, 1.807) is 11.3 Å². The van der Waals surface area contributed by atoms with Crippen LogP contribution in [-0.2, 0) is 6.54 Å². The Labute approximate surface area is 112 Å². The molecule has 1 atom stereocenters. The van der Waals surface area contributed by atoms with Crippen LogP contribution in [0.25, 0.3) is 0 Å². The lowest BCUT2D eigenvalue weighted by atomic mass is 10.0. The Balaban J connectivity index is 1.70. The number of likely N-dealkylation sites (tertiary alicyclic amines) is 1. The average Bonchev–Trinajstić information content (AvgIpc) is 3.11. The molecule has 18 heavy (non-hydrogen) atoms. The fraction of sp³-hybridized carbons (Fsp3) is 0.714. The number of hydrogen-bond acceptors (Lipinski definition) is 4. The Hall–Kier alpha value is -0.920. The van der Waals surface area contributed by atoms with Crippen LogP contribution in [0, 0.1) is 17.2 Å². The molecule has 96 valence electrons. The van der Waals surface area contributed by atoms with Crippen LogP contribution < -0.4 is 0 Å². The summed E-state index contributed by atoms with van der Waals surface area (Å²) >= 11 is 1.61. The molecule has 1 aromatic heterocycles. The minimum atomic E-state index is 0.588. The van der Waals surface area contributed by atoms with Gasteiger partial charge in [-0.25, -0.2) is 4.98 Å². The smallest absolute Gasteiger partial charge is 0.128 e. The van der Waals surface area contributed by atoms with Crippen molar-refractivity contribution in [3.8, 4) is 6.07 Å². The molecule has 1 aliphatic heterocycles. The Kier molecular flexibility index (Phi) is 3.36. The van der Waals surface area contributed by atoms with Crippen LogP contribution in [0.5, 0.6) is 0 Å². The van der Waals surface area contributed by atoms with Crippen LogP contribution in [0.3, 0.4) is 0 Å². The molecule has 2 fully saturated rings. The lowest BCUT2D eigenvalue weighted by molar-refractivity contribution is 0.176. The minimum Gasteiger partial charge on any atom is -0.296 e. The Morgan fingerprint density at radius 2 is 2.28 bits per heavy atom. The van der Waals surface area contributed by atoms with Crippen LogP contribution in [-0.4, -0.2) is 23.0 Å². The van der Waals surface area contributed by atoms with E-state index in [0.29, 0.717) is 5.92 Å². The topological polar surface area (TPSA) is 39.9 Å². The second kappa shape index (κ2) is 4.99. The van der Waals surface area contributed by atoms with E-state index < -0.39 is 0 Å². The summed E-state index contributed by atoms with van der Waals surface area (Å²) < 4.78 is 0. The largest absolute Gasteiger partial charge is 0.296 e. The van der Waals surface area contributed by atoms with E-state index in [1.165, 1.54) is 38.8 Å². The van der Waals surface area contributed by atoms with Crippen molar-refractivity contribution in [2.45, 2.75) is 45.1 Å². The molecule has 3 rings (SSSR count). The van der Waals surface area contributed by atoms with Gasteiger partial charge in [0.15, 0.2) is 0 Å². The molecule has 1 saturated carbocycles. The van der Waals surface area contributed by atoms with E-state index in [2.05, 4.69) is 17.9 Å². The third kappa shape index (κ3) is 2.57. The van der Waals surface area contributed by atoms with E-state index in [9.17, 15) is 0 Å². The van der Waals surface area contributed by atoms with Crippen LogP contribution in [0.4, 0.5) is 0 Å². The van der Waals surface area contributed by atoms with E-state index in [1.807, 2.05) is 0 Å². The number of aromatic nitrogens is 1. The second-order valence-corrected chi connectivity index (χ2v) is 6.77. The second-order valence-electron chi connectivity index (χ2n) is 5.69. The third-order valence-corrected chi connectivity index (χ3v) is 4.82. The molecule has 4 heteroatoms. The molecule has 1 saturated heterocycles. The summed E-state index contributed by atoms with van der Waals surface area (Å²) in [6, 6.07) is 2.32. The first-order valence-corrected chi connectivity index (χ1v) is 7.70. The van der Waals surface area contributed by atoms with Gasteiger partial charge in [0.2, 0.25) is 0 Å². The first-order valence-electron chi connectivity index (χ1n) is 6.88. The normalized spacial score (nSPS) is 25.0. The van der Waals surface area contributed by atoms with Crippen molar-refractivity contribution >= 4 is 11.3 Å². The monoisotopic (exact) mass is 261 g/mol. The highest BCUT2D eigenvalue weighted by atomic mass is 32.1. The number of nitrogens with zero attached hydrogens (tertiary/aromatic N) is 3. The van der Waals surface area contributed by atoms with E-state index >= 15 is 0 Å². The molecule has 0 radical (unpaired) electrons. The van der Waals surface area contributed by atoms with Crippen LogP contribution in [0.2, 0.25) is 0 Å². The summed E-state index contributed by atoms with van der Waals surface area (Å²) in [5.74, 6) is 1.39. The summed E-state index contributed by atoms with van der Waals surface area (Å²) in [6.07, 6.45) is 5.09. The molecule has 0 spiro atoms. The highest BCUT2D eigenvalue weighted by Gasteiger charge is 2.30. The van der Waals surface area contributed by atoms with E-state index in [-0.39, 0.29) is 0 Å². The van der Waals surface area contributed by atoms with Gasteiger partial charge in [-0.3, -0.25) is 4.90 Å². The molecule has 1 unspecified atom stereocenters. The molecule has 2 aliphatic rings. The molecular formula is C14H19N3S. The molecule has 0 amide bonds. The Bertz CT molecular complexity index is 470. The third-order valence-electron chi connectivity index (χ3n) is 3.86. The van der Waals surface area contributed by atoms with Gasteiger partial charge in [0.05, 0.1) is 12.2 Å². The molecule has 1 aliphatic carbocycles. The average molecular weight is 261 g/mol. The van der Waals surface area contributed by atoms with Gasteiger partial charge in [0.1, 0.15) is 16.0 Å². The van der Waals surface area contributed by atoms with Gasteiger partial charge >= 0.3 is 0 Å². The van der Waals surface area contributed by atoms with Crippen molar-refractivity contribution in [3.63, 3.8) is 0 Å². The molecule has 0 N–H and O–H groups in total. The molecule has 0 aromatic carbocycles. The maximum atomic E-state index is 9.16. The van der Waals surface area contributed by atoms with Crippen molar-refractivity contribution in [3.05, 3.63) is 15.6 Å². The van der Waals surface area contributed by atoms with Crippen molar-refractivity contribution in [2.24, 2.45) is 5.92 Å². The minimum absolute atomic E-state index is 0.588. The zero-order valence-electron chi connectivity index (χ0n) is 10.9. The molecule has 2 heterocycles. The SMILES string of the molecule is CC1CCCN(Cc2nc(C3CC3)c(C#N)s2)C1. The standard InChI is InChI=1S/C14H19N3S/c1-10-3-2-6-17(8-10)9-13-16-14(11-4-5-11)12(7-15)18-13/h10-11H,2-6,8-9H2,1H3. The quantitative estimate of drug-likeness (QED) is 0.839. The lowest BCUT2D eigenvalue weighted by Gasteiger charge is -2.29. The van der Waals surface area contributed by atoms with Gasteiger partial charge in [0.25, 0.3) is 0 Å². The summed E-state index contributed by atoms with van der Waals surface area (Å²) in [6.45, 7) is 5.63. The zero-order chi connectivity index (χ0) is 12.5. The van der Waals surface area contributed by atoms with Crippen molar-refractivity contribution in [1.82, 2.24) is 9.88 Å². The summed E-state index contributed by atoms with van der Waals surface area (Å²) in [7, 11) is 0. The van der Waals surface area contributed by atoms with Gasteiger partial charge in [-0.05, 0) is 38.1 Å². The van der Waals surface area contributed by atoms with Gasteiger partial charge in [0, 0.05) is 12.5 Å². The number of piperidine rings is 1. The highest BCUT2D eigenvalue weighted by Crippen LogP contribution is 2.42. The summed E-state index contributed by atoms with van der Waals surface area (Å²) in [4.78, 5) is 8.07. The predicted molar refractivity (Wildman–Crippen MR) is 72.5 cm³/mol. The molecule has 0 bridgehead atoms. The fourth-order valence-corrected chi connectivity index (χ4v) is 3.77. The van der Waals surface area contributed by atoms with Crippen molar-refractivity contribution < 1.29 is 0 Å². The first kappa shape index (κ1) is 12.1. The fourth-order valence-electron chi connectivity index (χ4n) is 2.78. The first-order chi connectivity index (χ1) is 8.76. The summed E-state index contributed by atoms with van der Waals surface area (Å²) in [5, 5.41) is 10.3. The number of thiazole rings is 1. The molecule has 1 aromatic rings. The number of rotatable bonds is 3. The van der Waals surface area contributed by atoms with E-state index in [4.69, 9.17) is 10.2 Å². The van der Waals surface area contributed by atoms with E-state index in [0.717, 1.165) is 28.0 Å². The number of hydrogen-bond donors (Lipinski definition) is 0. The van der Waals surface area contributed by atoms with Gasteiger partial charge in [-0.2, -0.15) is 5.26 Å². The highest BCUT2D eigenvalue weighted by molar-refractivity contribution is 7.12. The number of nitriles is 1. The van der Waals surface area contributed by atoms with Crippen LogP contribution in [0.1, 0.15) is 54.1 Å².